The molecule has 2 aromatic carbocycles. The third kappa shape index (κ3) is 3.85. The number of para-hydroxylation sites is 1. The molecular weight excluding hydrogens is 347 g/mol. The van der Waals surface area contributed by atoms with Crippen molar-refractivity contribution in [1.29, 1.82) is 0 Å². The highest BCUT2D eigenvalue weighted by Crippen LogP contribution is 2.31. The number of hydrogen-bond donors (Lipinski definition) is 1. The Hall–Kier alpha value is -3.29. The lowest BCUT2D eigenvalue weighted by Crippen LogP contribution is -2.36. The molecule has 1 aliphatic rings. The molecule has 1 heterocycles. The minimum atomic E-state index is -4.52. The molecule has 0 saturated heterocycles. The topological polar surface area (TPSA) is 67.9 Å². The van der Waals surface area contributed by atoms with E-state index in [9.17, 15) is 18.0 Å². The van der Waals surface area contributed by atoms with Crippen molar-refractivity contribution in [1.82, 2.24) is 0 Å². The largest absolute Gasteiger partial charge is 0.426 e. The highest BCUT2D eigenvalue weighted by Gasteiger charge is 2.31. The number of esters is 1. The number of ether oxygens (including phenoxy) is 1. The van der Waals surface area contributed by atoms with Crippen LogP contribution >= 0.6 is 0 Å². The summed E-state index contributed by atoms with van der Waals surface area (Å²) >= 11 is 0. The number of nitrogens with two attached hydrogens (primary N) is 1. The molecule has 1 unspecified atom stereocenters. The molecule has 1 aliphatic heterocycles. The minimum absolute atomic E-state index is 0.0201. The highest BCUT2D eigenvalue weighted by atomic mass is 19.4. The maximum absolute atomic E-state index is 12.7. The van der Waals surface area contributed by atoms with E-state index in [4.69, 9.17) is 10.5 Å². The summed E-state index contributed by atoms with van der Waals surface area (Å²) in [6, 6.07) is 13.2. The van der Waals surface area contributed by atoms with Crippen molar-refractivity contribution >= 4 is 17.5 Å². The number of benzene rings is 2. The summed E-state index contributed by atoms with van der Waals surface area (Å²) in [4.78, 5) is 12.2. The standard InChI is InChI=1S/C18H14F3N3O2/c19-18(20,21)12-5-4-8-14(11-12)26-17(25)15-9-10-24(23-16(15)22)13-6-2-1-3-7-13/h1-11,15H,(H2,22,23). The van der Waals surface area contributed by atoms with Crippen molar-refractivity contribution in [3.63, 3.8) is 0 Å². The lowest BCUT2D eigenvalue weighted by molar-refractivity contribution is -0.139. The van der Waals surface area contributed by atoms with E-state index >= 15 is 0 Å². The highest BCUT2D eigenvalue weighted by molar-refractivity contribution is 6.03. The summed E-state index contributed by atoms with van der Waals surface area (Å²) in [5.74, 6) is -2.02. The van der Waals surface area contributed by atoms with Crippen LogP contribution in [0.2, 0.25) is 0 Å². The molecule has 0 amide bonds. The minimum Gasteiger partial charge on any atom is -0.426 e. The predicted molar refractivity (Wildman–Crippen MR) is 90.3 cm³/mol. The zero-order chi connectivity index (χ0) is 18.7. The number of rotatable bonds is 3. The normalized spacial score (nSPS) is 17.0. The first-order chi connectivity index (χ1) is 12.3. The van der Waals surface area contributed by atoms with Gasteiger partial charge in [-0.2, -0.15) is 18.3 Å². The SMILES string of the molecule is NC1=NN(c2ccccc2)C=CC1C(=O)Oc1cccc(C(F)(F)F)c1. The van der Waals surface area contributed by atoms with E-state index in [1.807, 2.05) is 30.3 Å². The number of alkyl halides is 3. The molecule has 0 bridgehead atoms. The summed E-state index contributed by atoms with van der Waals surface area (Å²) in [5, 5.41) is 5.60. The van der Waals surface area contributed by atoms with Gasteiger partial charge in [-0.05, 0) is 36.4 Å². The molecule has 2 N–H and O–H groups in total. The van der Waals surface area contributed by atoms with Gasteiger partial charge in [-0.1, -0.05) is 24.3 Å². The number of hydrazone groups is 1. The average Bonchev–Trinajstić information content (AvgIpc) is 2.62. The summed E-state index contributed by atoms with van der Waals surface area (Å²) in [5.41, 5.74) is 5.68. The molecular formula is C18H14F3N3O2. The van der Waals surface area contributed by atoms with E-state index in [0.717, 1.165) is 23.9 Å². The Labute approximate surface area is 147 Å². The van der Waals surface area contributed by atoms with E-state index in [1.54, 1.807) is 6.20 Å². The van der Waals surface area contributed by atoms with Crippen molar-refractivity contribution in [2.75, 3.05) is 5.01 Å². The summed E-state index contributed by atoms with van der Waals surface area (Å²) in [6.07, 6.45) is -1.50. The molecule has 5 nitrogen and oxygen atoms in total. The molecule has 0 aliphatic carbocycles. The van der Waals surface area contributed by atoms with Gasteiger partial charge in [-0.25, -0.2) is 5.01 Å². The number of carbonyl (C=O) groups is 1. The van der Waals surface area contributed by atoms with Gasteiger partial charge in [0.1, 0.15) is 17.5 Å². The van der Waals surface area contributed by atoms with Gasteiger partial charge in [0.05, 0.1) is 11.3 Å². The van der Waals surface area contributed by atoms with Crippen molar-refractivity contribution in [2.45, 2.75) is 6.18 Å². The number of carbonyl (C=O) groups excluding carboxylic acids is 1. The lowest BCUT2D eigenvalue weighted by Gasteiger charge is -2.22. The van der Waals surface area contributed by atoms with Crippen LogP contribution in [-0.4, -0.2) is 11.8 Å². The summed E-state index contributed by atoms with van der Waals surface area (Å²) < 4.78 is 43.2. The molecule has 0 radical (unpaired) electrons. The van der Waals surface area contributed by atoms with Crippen molar-refractivity contribution in [3.8, 4) is 5.75 Å². The fourth-order valence-corrected chi connectivity index (χ4v) is 2.33. The first-order valence-electron chi connectivity index (χ1n) is 7.60. The molecule has 134 valence electrons. The quantitative estimate of drug-likeness (QED) is 0.671. The second-order valence-corrected chi connectivity index (χ2v) is 5.47. The van der Waals surface area contributed by atoms with Gasteiger partial charge < -0.3 is 10.5 Å². The molecule has 0 saturated carbocycles. The molecule has 0 spiro atoms. The van der Waals surface area contributed by atoms with E-state index in [2.05, 4.69) is 5.10 Å². The molecule has 8 heteroatoms. The molecule has 26 heavy (non-hydrogen) atoms. The van der Waals surface area contributed by atoms with E-state index in [1.165, 1.54) is 17.2 Å². The predicted octanol–water partition coefficient (Wildman–Crippen LogP) is 3.53. The zero-order valence-corrected chi connectivity index (χ0v) is 13.4. The van der Waals surface area contributed by atoms with Crippen LogP contribution < -0.4 is 15.5 Å². The van der Waals surface area contributed by atoms with Crippen LogP contribution in [0.5, 0.6) is 5.75 Å². The third-order valence-corrected chi connectivity index (χ3v) is 3.62. The summed E-state index contributed by atoms with van der Waals surface area (Å²) in [6.45, 7) is 0. The first kappa shape index (κ1) is 17.5. The number of halogens is 3. The molecule has 2 aromatic rings. The molecule has 3 rings (SSSR count). The first-order valence-corrected chi connectivity index (χ1v) is 7.60. The van der Waals surface area contributed by atoms with Crippen molar-refractivity contribution < 1.29 is 22.7 Å². The van der Waals surface area contributed by atoms with Crippen LogP contribution in [0.15, 0.2) is 72.0 Å². The Bertz CT molecular complexity index is 863. The van der Waals surface area contributed by atoms with Gasteiger partial charge in [0.2, 0.25) is 0 Å². The molecule has 0 fully saturated rings. The fraction of sp³-hybridized carbons (Fsp3) is 0.111. The van der Waals surface area contributed by atoms with Gasteiger partial charge in [-0.15, -0.1) is 0 Å². The van der Waals surface area contributed by atoms with Gasteiger partial charge in [0, 0.05) is 6.20 Å². The Kier molecular flexibility index (Phi) is 4.66. The van der Waals surface area contributed by atoms with Crippen LogP contribution in [0.3, 0.4) is 0 Å². The van der Waals surface area contributed by atoms with Crippen molar-refractivity contribution in [3.05, 3.63) is 72.4 Å². The van der Waals surface area contributed by atoms with Gasteiger partial charge in [0.25, 0.3) is 0 Å². The second kappa shape index (κ2) is 6.91. The van der Waals surface area contributed by atoms with Crippen LogP contribution in [0.1, 0.15) is 5.56 Å². The maximum atomic E-state index is 12.7. The van der Waals surface area contributed by atoms with E-state index < -0.39 is 23.6 Å². The number of anilines is 1. The van der Waals surface area contributed by atoms with Crippen LogP contribution in [0.25, 0.3) is 0 Å². The molecule has 0 aromatic heterocycles. The second-order valence-electron chi connectivity index (χ2n) is 5.47. The van der Waals surface area contributed by atoms with Gasteiger partial charge in [0.15, 0.2) is 0 Å². The van der Waals surface area contributed by atoms with E-state index in [0.29, 0.717) is 0 Å². The average molecular weight is 361 g/mol. The van der Waals surface area contributed by atoms with Gasteiger partial charge in [-0.3, -0.25) is 4.79 Å². The number of nitrogens with zero attached hydrogens (tertiary/aromatic N) is 2. The Balaban J connectivity index is 1.73. The lowest BCUT2D eigenvalue weighted by atomic mass is 10.1. The number of hydrogen-bond acceptors (Lipinski definition) is 5. The number of amidine groups is 1. The smallest absolute Gasteiger partial charge is 0.416 e. The maximum Gasteiger partial charge on any atom is 0.416 e. The zero-order valence-electron chi connectivity index (χ0n) is 13.4. The van der Waals surface area contributed by atoms with Crippen LogP contribution in [0, 0.1) is 5.92 Å². The Morgan fingerprint density at radius 1 is 1.12 bits per heavy atom. The fourth-order valence-electron chi connectivity index (χ4n) is 2.33. The van der Waals surface area contributed by atoms with Crippen molar-refractivity contribution in [2.24, 2.45) is 16.8 Å². The Morgan fingerprint density at radius 3 is 2.50 bits per heavy atom. The summed E-state index contributed by atoms with van der Waals surface area (Å²) in [7, 11) is 0. The third-order valence-electron chi connectivity index (χ3n) is 3.62. The van der Waals surface area contributed by atoms with Gasteiger partial charge >= 0.3 is 12.1 Å². The Morgan fingerprint density at radius 2 is 1.85 bits per heavy atom. The van der Waals surface area contributed by atoms with Crippen LogP contribution in [-0.2, 0) is 11.0 Å². The van der Waals surface area contributed by atoms with E-state index in [-0.39, 0.29) is 11.6 Å². The molecule has 1 atom stereocenters. The van der Waals surface area contributed by atoms with Crippen LogP contribution in [0.4, 0.5) is 18.9 Å². The monoisotopic (exact) mass is 361 g/mol.